The van der Waals surface area contributed by atoms with Gasteiger partial charge in [0.15, 0.2) is 0 Å². The van der Waals surface area contributed by atoms with E-state index in [1.165, 1.54) is 63.5 Å². The van der Waals surface area contributed by atoms with Crippen LogP contribution in [0.1, 0.15) is 0 Å². The molecule has 5 heteroatoms. The molecule has 46 heavy (non-hydrogen) atoms. The predicted molar refractivity (Wildman–Crippen MR) is 193 cm³/mol. The smallest absolute Gasteiger partial charge is 0.0915 e. The van der Waals surface area contributed by atoms with Gasteiger partial charge in [0, 0.05) is 48.7 Å². The third-order valence-corrected chi connectivity index (χ3v) is 10.2. The highest BCUT2D eigenvalue weighted by Gasteiger charge is 2.23. The van der Waals surface area contributed by atoms with Gasteiger partial charge < -0.3 is 4.57 Å². The van der Waals surface area contributed by atoms with Crippen molar-refractivity contribution >= 4 is 74.9 Å². The molecule has 0 bridgehead atoms. The van der Waals surface area contributed by atoms with E-state index in [2.05, 4.69) is 102 Å². The molecule has 5 heterocycles. The molecule has 0 radical (unpaired) electrons. The Hall–Kier alpha value is -5.91. The number of hydrogen-bond donors (Lipinski definition) is 0. The van der Waals surface area contributed by atoms with Crippen LogP contribution in [0.5, 0.6) is 0 Å². The number of benzene rings is 5. The molecule has 10 aromatic rings. The molecule has 10 rings (SSSR count). The van der Waals surface area contributed by atoms with Gasteiger partial charge in [-0.15, -0.1) is 11.3 Å². The molecule has 0 aliphatic heterocycles. The van der Waals surface area contributed by atoms with Crippen LogP contribution in [0, 0.1) is 0 Å². The van der Waals surface area contributed by atoms with E-state index in [4.69, 9.17) is 15.0 Å². The highest BCUT2D eigenvalue weighted by molar-refractivity contribution is 7.26. The molecule has 0 amide bonds. The summed E-state index contributed by atoms with van der Waals surface area (Å²) in [6.45, 7) is 0. The molecule has 0 aliphatic carbocycles. The van der Waals surface area contributed by atoms with E-state index in [0.717, 1.165) is 28.5 Å². The van der Waals surface area contributed by atoms with Crippen molar-refractivity contribution in [2.75, 3.05) is 0 Å². The van der Waals surface area contributed by atoms with E-state index in [9.17, 15) is 0 Å². The minimum Gasteiger partial charge on any atom is -0.308 e. The van der Waals surface area contributed by atoms with Crippen LogP contribution < -0.4 is 0 Å². The summed E-state index contributed by atoms with van der Waals surface area (Å²) in [6, 6.07) is 47.4. The molecule has 0 fully saturated rings. The topological polar surface area (TPSA) is 43.6 Å². The number of aromatic nitrogens is 4. The van der Waals surface area contributed by atoms with Crippen LogP contribution in [0.4, 0.5) is 0 Å². The largest absolute Gasteiger partial charge is 0.308 e. The maximum Gasteiger partial charge on any atom is 0.0915 e. The average molecular weight is 605 g/mol. The van der Waals surface area contributed by atoms with Crippen LogP contribution >= 0.6 is 11.3 Å². The Morgan fingerprint density at radius 3 is 1.65 bits per heavy atom. The zero-order valence-corrected chi connectivity index (χ0v) is 25.4. The van der Waals surface area contributed by atoms with Crippen LogP contribution in [0.2, 0.25) is 0 Å². The molecular formula is C41H24N4S. The number of rotatable bonds is 3. The molecule has 4 nitrogen and oxygen atoms in total. The van der Waals surface area contributed by atoms with Crippen molar-refractivity contribution in [2.45, 2.75) is 0 Å². The summed E-state index contributed by atoms with van der Waals surface area (Å²) in [5.74, 6) is 0. The third-order valence-electron chi connectivity index (χ3n) is 9.06. The Labute approximate surface area is 267 Å². The van der Waals surface area contributed by atoms with Crippen molar-refractivity contribution in [2.24, 2.45) is 0 Å². The SMILES string of the molecule is c1ccc(-c2cc(-n3c4c(ccc5sc6ccccc6c54)c4c5ccccc5c5ccccc5c43)cc(-c3ccccn3)n2)nc1. The maximum absolute atomic E-state index is 5.12. The van der Waals surface area contributed by atoms with Gasteiger partial charge in [-0.05, 0) is 64.7 Å². The van der Waals surface area contributed by atoms with Gasteiger partial charge in [-0.25, -0.2) is 4.98 Å². The van der Waals surface area contributed by atoms with Crippen molar-refractivity contribution in [3.05, 3.63) is 146 Å². The Kier molecular flexibility index (Phi) is 5.41. The zero-order valence-electron chi connectivity index (χ0n) is 24.6. The monoisotopic (exact) mass is 604 g/mol. The highest BCUT2D eigenvalue weighted by atomic mass is 32.1. The number of hydrogen-bond acceptors (Lipinski definition) is 4. The predicted octanol–water partition coefficient (Wildman–Crippen LogP) is 11.0. The molecule has 0 unspecified atom stereocenters. The van der Waals surface area contributed by atoms with Gasteiger partial charge in [-0.1, -0.05) is 84.9 Å². The second-order valence-electron chi connectivity index (χ2n) is 11.6. The van der Waals surface area contributed by atoms with E-state index >= 15 is 0 Å². The summed E-state index contributed by atoms with van der Waals surface area (Å²) in [5.41, 5.74) is 6.68. The van der Waals surface area contributed by atoms with Crippen molar-refractivity contribution in [1.29, 1.82) is 0 Å². The molecule has 0 saturated carbocycles. The Bertz CT molecular complexity index is 2740. The van der Waals surface area contributed by atoms with Crippen molar-refractivity contribution < 1.29 is 0 Å². The Morgan fingerprint density at radius 2 is 0.978 bits per heavy atom. The first-order valence-corrected chi connectivity index (χ1v) is 16.2. The molecular weight excluding hydrogens is 581 g/mol. The van der Waals surface area contributed by atoms with E-state index in [0.29, 0.717) is 0 Å². The van der Waals surface area contributed by atoms with Crippen LogP contribution in [0.3, 0.4) is 0 Å². The van der Waals surface area contributed by atoms with Gasteiger partial charge in [0.1, 0.15) is 0 Å². The fraction of sp³-hybridized carbons (Fsp3) is 0. The molecule has 0 N–H and O–H groups in total. The quantitative estimate of drug-likeness (QED) is 0.188. The number of nitrogens with zero attached hydrogens (tertiary/aromatic N) is 4. The van der Waals surface area contributed by atoms with Gasteiger partial charge >= 0.3 is 0 Å². The van der Waals surface area contributed by atoms with Crippen LogP contribution in [-0.4, -0.2) is 19.5 Å². The zero-order chi connectivity index (χ0) is 30.2. The van der Waals surface area contributed by atoms with Crippen LogP contribution in [0.15, 0.2) is 146 Å². The molecule has 5 aromatic carbocycles. The first-order chi connectivity index (χ1) is 22.8. The summed E-state index contributed by atoms with van der Waals surface area (Å²) in [4.78, 5) is 14.5. The third kappa shape index (κ3) is 3.63. The lowest BCUT2D eigenvalue weighted by Gasteiger charge is -2.15. The Morgan fingerprint density at radius 1 is 0.413 bits per heavy atom. The molecule has 0 saturated heterocycles. The lowest BCUT2D eigenvalue weighted by atomic mass is 9.96. The fourth-order valence-electron chi connectivity index (χ4n) is 7.17. The molecule has 214 valence electrons. The lowest BCUT2D eigenvalue weighted by molar-refractivity contribution is 1.15. The van der Waals surface area contributed by atoms with E-state index < -0.39 is 0 Å². The van der Waals surface area contributed by atoms with Crippen molar-refractivity contribution in [3.8, 4) is 28.5 Å². The lowest BCUT2D eigenvalue weighted by Crippen LogP contribution is -2.00. The van der Waals surface area contributed by atoms with Gasteiger partial charge in [0.2, 0.25) is 0 Å². The van der Waals surface area contributed by atoms with Gasteiger partial charge in [0.25, 0.3) is 0 Å². The molecule has 0 spiro atoms. The number of fused-ring (bicyclic) bond motifs is 12. The second kappa shape index (κ2) is 9.80. The van der Waals surface area contributed by atoms with Crippen molar-refractivity contribution in [1.82, 2.24) is 19.5 Å². The summed E-state index contributed by atoms with van der Waals surface area (Å²) in [6.07, 6.45) is 3.65. The van der Waals surface area contributed by atoms with Crippen LogP contribution in [-0.2, 0) is 0 Å². The summed E-state index contributed by atoms with van der Waals surface area (Å²) >= 11 is 1.85. The van der Waals surface area contributed by atoms with Gasteiger partial charge in [-0.3, -0.25) is 9.97 Å². The normalized spacial score (nSPS) is 11.9. The molecule has 5 aromatic heterocycles. The van der Waals surface area contributed by atoms with E-state index in [-0.39, 0.29) is 0 Å². The highest BCUT2D eigenvalue weighted by Crippen LogP contribution is 2.47. The first-order valence-electron chi connectivity index (χ1n) is 15.4. The number of thiophene rings is 1. The fourth-order valence-corrected chi connectivity index (χ4v) is 8.27. The van der Waals surface area contributed by atoms with E-state index in [1.54, 1.807) is 0 Å². The molecule has 0 aliphatic rings. The van der Waals surface area contributed by atoms with Gasteiger partial charge in [0.05, 0.1) is 39.5 Å². The minimum atomic E-state index is 0.807. The Balaban J connectivity index is 1.48. The van der Waals surface area contributed by atoms with Crippen molar-refractivity contribution in [3.63, 3.8) is 0 Å². The van der Waals surface area contributed by atoms with E-state index in [1.807, 2.05) is 60.1 Å². The first kappa shape index (κ1) is 25.4. The second-order valence-corrected chi connectivity index (χ2v) is 12.7. The summed E-state index contributed by atoms with van der Waals surface area (Å²) in [5, 5.41) is 10.0. The molecule has 0 atom stereocenters. The van der Waals surface area contributed by atoms with Crippen LogP contribution in [0.25, 0.3) is 92.0 Å². The van der Waals surface area contributed by atoms with Gasteiger partial charge in [-0.2, -0.15) is 0 Å². The standard InChI is InChI=1S/C41H24N4S/c1-3-13-28-26(11-1)27-12-2-4-14-29(27)40-38(28)31-19-20-37-39(30-15-5-6-18-36(30)46-37)41(31)45(40)25-23-34(32-16-7-9-21-42-32)44-35(24-25)33-17-8-10-22-43-33/h1-24H. The minimum absolute atomic E-state index is 0.807. The summed E-state index contributed by atoms with van der Waals surface area (Å²) < 4.78 is 5.05. The maximum atomic E-state index is 5.12. The number of pyridine rings is 3. The average Bonchev–Trinajstić information content (AvgIpc) is 3.69. The summed E-state index contributed by atoms with van der Waals surface area (Å²) in [7, 11) is 0.